The molecule has 0 spiro atoms. The Bertz CT molecular complexity index is 885. The minimum atomic E-state index is -0.563. The molecule has 8 nitrogen and oxygen atoms in total. The summed E-state index contributed by atoms with van der Waals surface area (Å²) in [7, 11) is 0. The average molecular weight is 343 g/mol. The van der Waals surface area contributed by atoms with E-state index in [1.807, 2.05) is 0 Å². The van der Waals surface area contributed by atoms with Crippen molar-refractivity contribution in [2.75, 3.05) is 12.3 Å². The first-order valence-electron chi connectivity index (χ1n) is 7.92. The largest absolute Gasteiger partial charge is 0.462 e. The number of nitro benzene ring substituents is 1. The van der Waals surface area contributed by atoms with Gasteiger partial charge in [0.1, 0.15) is 11.3 Å². The highest BCUT2D eigenvalue weighted by Crippen LogP contribution is 2.33. The van der Waals surface area contributed by atoms with Crippen molar-refractivity contribution in [3.05, 3.63) is 56.9 Å². The lowest BCUT2D eigenvalue weighted by Gasteiger charge is -2.06. The van der Waals surface area contributed by atoms with Crippen LogP contribution in [0.5, 0.6) is 0 Å². The zero-order valence-corrected chi connectivity index (χ0v) is 13.7. The van der Waals surface area contributed by atoms with E-state index in [-0.39, 0.29) is 34.8 Å². The summed E-state index contributed by atoms with van der Waals surface area (Å²) in [4.78, 5) is 35.5. The second-order valence-electron chi connectivity index (χ2n) is 5.70. The van der Waals surface area contributed by atoms with Crippen molar-refractivity contribution < 1.29 is 19.2 Å². The van der Waals surface area contributed by atoms with Gasteiger partial charge < -0.3 is 15.0 Å². The lowest BCUT2D eigenvalue weighted by Crippen LogP contribution is -2.12. The molecule has 0 amide bonds. The smallest absolute Gasteiger partial charge is 0.342 e. The standard InChI is InChI=1S/C17H17N3O5/c1-2-25-17(22)13-12-7-4-8-19(12)15(14(13)18)16(21)10-5-3-6-11(9-10)20(23)24/h3,5-6,9H,2,4,7-8,18H2,1H3. The Morgan fingerprint density at radius 2 is 2.16 bits per heavy atom. The van der Waals surface area contributed by atoms with Crippen LogP contribution in [0.25, 0.3) is 0 Å². The van der Waals surface area contributed by atoms with Gasteiger partial charge in [-0.15, -0.1) is 0 Å². The van der Waals surface area contributed by atoms with Crippen LogP contribution in [0.2, 0.25) is 0 Å². The minimum Gasteiger partial charge on any atom is -0.462 e. The summed E-state index contributed by atoms with van der Waals surface area (Å²) < 4.78 is 6.78. The van der Waals surface area contributed by atoms with Gasteiger partial charge in [-0.1, -0.05) is 12.1 Å². The van der Waals surface area contributed by atoms with Crippen LogP contribution < -0.4 is 5.73 Å². The molecule has 0 saturated carbocycles. The third-order valence-electron chi connectivity index (χ3n) is 4.22. The number of anilines is 1. The number of hydrogen-bond acceptors (Lipinski definition) is 6. The van der Waals surface area contributed by atoms with Gasteiger partial charge in [-0.05, 0) is 19.8 Å². The number of ether oxygens (including phenoxy) is 1. The molecule has 0 radical (unpaired) electrons. The highest BCUT2D eigenvalue weighted by molar-refractivity contribution is 6.14. The van der Waals surface area contributed by atoms with E-state index in [2.05, 4.69) is 0 Å². The third kappa shape index (κ3) is 2.75. The number of benzene rings is 1. The Morgan fingerprint density at radius 3 is 2.84 bits per heavy atom. The number of ketones is 1. The number of nitrogens with two attached hydrogens (primary N) is 1. The Morgan fingerprint density at radius 1 is 1.40 bits per heavy atom. The fourth-order valence-corrected chi connectivity index (χ4v) is 3.17. The van der Waals surface area contributed by atoms with Gasteiger partial charge in [0.05, 0.1) is 17.2 Å². The number of carbonyl (C=O) groups excluding carboxylic acids is 2. The van der Waals surface area contributed by atoms with Crippen molar-refractivity contribution in [2.45, 2.75) is 26.3 Å². The molecule has 0 unspecified atom stereocenters. The molecule has 3 rings (SSSR count). The van der Waals surface area contributed by atoms with E-state index in [9.17, 15) is 19.7 Å². The molecular formula is C17H17N3O5. The molecule has 0 fully saturated rings. The number of aromatic nitrogens is 1. The summed E-state index contributed by atoms with van der Waals surface area (Å²) in [6, 6.07) is 5.46. The van der Waals surface area contributed by atoms with Gasteiger partial charge in [-0.25, -0.2) is 4.79 Å². The second kappa shape index (κ2) is 6.39. The van der Waals surface area contributed by atoms with Crippen molar-refractivity contribution in [3.8, 4) is 0 Å². The number of nitro groups is 1. The van der Waals surface area contributed by atoms with E-state index in [1.54, 1.807) is 11.5 Å². The fourth-order valence-electron chi connectivity index (χ4n) is 3.17. The van der Waals surface area contributed by atoms with Crippen molar-refractivity contribution in [1.29, 1.82) is 0 Å². The molecule has 0 saturated heterocycles. The van der Waals surface area contributed by atoms with Crippen molar-refractivity contribution in [1.82, 2.24) is 4.57 Å². The van der Waals surface area contributed by atoms with Gasteiger partial charge in [-0.2, -0.15) is 0 Å². The van der Waals surface area contributed by atoms with Crippen LogP contribution in [0.1, 0.15) is 45.4 Å². The number of carbonyl (C=O) groups is 2. The van der Waals surface area contributed by atoms with Crippen molar-refractivity contribution in [2.24, 2.45) is 0 Å². The van der Waals surface area contributed by atoms with Gasteiger partial charge in [0.2, 0.25) is 5.78 Å². The SMILES string of the molecule is CCOC(=O)c1c(N)c(C(=O)c2cccc([N+](=O)[O-])c2)n2c1CCC2. The third-order valence-corrected chi connectivity index (χ3v) is 4.22. The molecule has 0 bridgehead atoms. The molecule has 1 aliphatic rings. The van der Waals surface area contributed by atoms with Crippen molar-refractivity contribution in [3.63, 3.8) is 0 Å². The summed E-state index contributed by atoms with van der Waals surface area (Å²) in [5.74, 6) is -0.997. The Hall–Kier alpha value is -3.16. The lowest BCUT2D eigenvalue weighted by molar-refractivity contribution is -0.384. The summed E-state index contributed by atoms with van der Waals surface area (Å²) in [6.45, 7) is 2.46. The maximum Gasteiger partial charge on any atom is 0.342 e. The van der Waals surface area contributed by atoms with Gasteiger partial charge >= 0.3 is 5.97 Å². The van der Waals surface area contributed by atoms with Crippen LogP contribution >= 0.6 is 0 Å². The number of nitrogens with zero attached hydrogens (tertiary/aromatic N) is 2. The van der Waals surface area contributed by atoms with Crippen LogP contribution in [0, 0.1) is 10.1 Å². The zero-order valence-electron chi connectivity index (χ0n) is 13.7. The van der Waals surface area contributed by atoms with Crippen LogP contribution in [0.3, 0.4) is 0 Å². The maximum atomic E-state index is 12.9. The Labute approximate surface area is 143 Å². The summed E-state index contributed by atoms with van der Waals surface area (Å²) in [5, 5.41) is 10.9. The monoisotopic (exact) mass is 343 g/mol. The first-order valence-corrected chi connectivity index (χ1v) is 7.92. The van der Waals surface area contributed by atoms with E-state index in [4.69, 9.17) is 10.5 Å². The predicted octanol–water partition coefficient (Wildman–Crippen LogP) is 2.33. The molecule has 1 aromatic carbocycles. The molecule has 130 valence electrons. The van der Waals surface area contributed by atoms with E-state index in [0.717, 1.165) is 6.42 Å². The molecule has 2 aromatic rings. The van der Waals surface area contributed by atoms with Crippen LogP contribution in [0.15, 0.2) is 24.3 Å². The van der Waals surface area contributed by atoms with Crippen LogP contribution in [0.4, 0.5) is 11.4 Å². The summed E-state index contributed by atoms with van der Waals surface area (Å²) >= 11 is 0. The molecule has 2 heterocycles. The number of rotatable bonds is 5. The molecule has 0 aliphatic carbocycles. The van der Waals surface area contributed by atoms with Gasteiger partial charge in [0, 0.05) is 29.9 Å². The molecular weight excluding hydrogens is 326 g/mol. The van der Waals surface area contributed by atoms with E-state index < -0.39 is 16.7 Å². The number of non-ortho nitro benzene ring substituents is 1. The summed E-state index contributed by atoms with van der Waals surface area (Å²) in [6.07, 6.45) is 1.41. The topological polar surface area (TPSA) is 117 Å². The number of esters is 1. The molecule has 25 heavy (non-hydrogen) atoms. The summed E-state index contributed by atoms with van der Waals surface area (Å²) in [5.41, 5.74) is 7.26. The minimum absolute atomic E-state index is 0.0738. The Kier molecular flexibility index (Phi) is 4.26. The van der Waals surface area contributed by atoms with E-state index in [0.29, 0.717) is 18.7 Å². The molecule has 2 N–H and O–H groups in total. The molecule has 0 atom stereocenters. The lowest BCUT2D eigenvalue weighted by atomic mass is 10.0. The maximum absolute atomic E-state index is 12.9. The van der Waals surface area contributed by atoms with E-state index >= 15 is 0 Å². The van der Waals surface area contributed by atoms with Crippen LogP contribution in [-0.4, -0.2) is 27.8 Å². The predicted molar refractivity (Wildman–Crippen MR) is 89.7 cm³/mol. The molecule has 1 aromatic heterocycles. The highest BCUT2D eigenvalue weighted by Gasteiger charge is 2.32. The number of nitrogen functional groups attached to an aromatic ring is 1. The van der Waals surface area contributed by atoms with E-state index in [1.165, 1.54) is 24.3 Å². The average Bonchev–Trinajstić information content (AvgIpc) is 3.14. The van der Waals surface area contributed by atoms with Gasteiger partial charge in [-0.3, -0.25) is 14.9 Å². The quantitative estimate of drug-likeness (QED) is 0.385. The molecule has 8 heteroatoms. The van der Waals surface area contributed by atoms with Crippen molar-refractivity contribution >= 4 is 23.1 Å². The number of hydrogen-bond donors (Lipinski definition) is 1. The first kappa shape index (κ1) is 16.7. The van der Waals surface area contributed by atoms with Crippen LogP contribution in [-0.2, 0) is 17.7 Å². The zero-order chi connectivity index (χ0) is 18.1. The van der Waals surface area contributed by atoms with Gasteiger partial charge in [0.15, 0.2) is 0 Å². The first-order chi connectivity index (χ1) is 12.0. The Balaban J connectivity index is 2.10. The second-order valence-corrected chi connectivity index (χ2v) is 5.70. The normalized spacial score (nSPS) is 12.7. The number of fused-ring (bicyclic) bond motifs is 1. The molecule has 1 aliphatic heterocycles. The fraction of sp³-hybridized carbons (Fsp3) is 0.294. The van der Waals surface area contributed by atoms with Gasteiger partial charge in [0.25, 0.3) is 5.69 Å². The highest BCUT2D eigenvalue weighted by atomic mass is 16.6.